The number of alkyl halides is 3. The normalized spacial score (nSPS) is 16.9. The van der Waals surface area contributed by atoms with E-state index in [0.717, 1.165) is 11.6 Å². The molecule has 0 amide bonds. The van der Waals surface area contributed by atoms with Crippen molar-refractivity contribution < 1.29 is 32.5 Å². The molecule has 0 radical (unpaired) electrons. The summed E-state index contributed by atoms with van der Waals surface area (Å²) < 4.78 is 50.0. The fourth-order valence-electron chi connectivity index (χ4n) is 3.28. The van der Waals surface area contributed by atoms with Crippen molar-refractivity contribution in [3.8, 4) is 0 Å². The first-order valence-electron chi connectivity index (χ1n) is 9.27. The Kier molecular flexibility index (Phi) is 6.76. The van der Waals surface area contributed by atoms with E-state index >= 15 is 0 Å². The lowest BCUT2D eigenvalue weighted by atomic mass is 10.1. The van der Waals surface area contributed by atoms with Crippen molar-refractivity contribution in [2.45, 2.75) is 25.3 Å². The van der Waals surface area contributed by atoms with Gasteiger partial charge in [0.25, 0.3) is 0 Å². The topological polar surface area (TPSA) is 59.0 Å². The van der Waals surface area contributed by atoms with Crippen LogP contribution >= 0.6 is 0 Å². The Morgan fingerprint density at radius 3 is 2.59 bits per heavy atom. The van der Waals surface area contributed by atoms with E-state index in [-0.39, 0.29) is 17.4 Å². The molecule has 1 heterocycles. The smallest absolute Gasteiger partial charge is 0.416 e. The lowest BCUT2D eigenvalue weighted by Crippen LogP contribution is -2.25. The van der Waals surface area contributed by atoms with E-state index in [1.807, 2.05) is 30.3 Å². The molecule has 0 unspecified atom stereocenters. The number of nitrogens with zero attached hydrogens (tertiary/aromatic N) is 1. The molecule has 1 N–H and O–H groups in total. The van der Waals surface area contributed by atoms with Crippen LogP contribution in [0.5, 0.6) is 0 Å². The first kappa shape index (κ1) is 21.1. The third-order valence-electron chi connectivity index (χ3n) is 4.73. The molecule has 8 heteroatoms. The van der Waals surface area contributed by atoms with E-state index < -0.39 is 17.7 Å². The number of carboxylic acids is 1. The molecule has 0 aromatic heterocycles. The quantitative estimate of drug-likeness (QED) is 0.662. The van der Waals surface area contributed by atoms with Crippen LogP contribution in [0.4, 0.5) is 18.9 Å². The highest BCUT2D eigenvalue weighted by atomic mass is 19.4. The summed E-state index contributed by atoms with van der Waals surface area (Å²) in [5.74, 6) is -1.38. The molecule has 1 aliphatic rings. The monoisotopic (exact) mass is 409 g/mol. The van der Waals surface area contributed by atoms with E-state index in [9.17, 15) is 23.1 Å². The van der Waals surface area contributed by atoms with E-state index in [1.54, 1.807) is 4.90 Å². The standard InChI is InChI=1S/C21H22F3NO4/c22-21(23,24)16-6-7-19(18(12-16)20(26)27)25-9-8-17(13-25)29-11-10-28-14-15-4-2-1-3-5-15/h1-7,12,17H,8-11,13-14H2,(H,26,27)/t17-/m0/s1. The van der Waals surface area contributed by atoms with Crippen molar-refractivity contribution in [3.05, 3.63) is 65.2 Å². The molecular weight excluding hydrogens is 387 g/mol. The van der Waals surface area contributed by atoms with Gasteiger partial charge in [-0.15, -0.1) is 0 Å². The summed E-state index contributed by atoms with van der Waals surface area (Å²) in [4.78, 5) is 13.2. The van der Waals surface area contributed by atoms with Gasteiger partial charge >= 0.3 is 12.1 Å². The predicted molar refractivity (Wildman–Crippen MR) is 101 cm³/mol. The highest BCUT2D eigenvalue weighted by Crippen LogP contribution is 2.34. The summed E-state index contributed by atoms with van der Waals surface area (Å²) in [7, 11) is 0. The molecule has 5 nitrogen and oxygen atoms in total. The van der Waals surface area contributed by atoms with Crippen molar-refractivity contribution in [1.82, 2.24) is 0 Å². The molecule has 3 rings (SSSR count). The number of carboxylic acid groups (broad SMARTS) is 1. The molecule has 156 valence electrons. The minimum Gasteiger partial charge on any atom is -0.478 e. The van der Waals surface area contributed by atoms with Gasteiger partial charge in [-0.2, -0.15) is 13.2 Å². The first-order valence-corrected chi connectivity index (χ1v) is 9.27. The van der Waals surface area contributed by atoms with Crippen LogP contribution in [0.25, 0.3) is 0 Å². The Morgan fingerprint density at radius 1 is 1.14 bits per heavy atom. The molecular formula is C21H22F3NO4. The van der Waals surface area contributed by atoms with E-state index in [0.29, 0.717) is 45.4 Å². The van der Waals surface area contributed by atoms with Gasteiger partial charge in [-0.05, 0) is 30.2 Å². The maximum atomic E-state index is 12.9. The van der Waals surface area contributed by atoms with Crippen molar-refractivity contribution in [2.24, 2.45) is 0 Å². The predicted octanol–water partition coefficient (Wildman–Crippen LogP) is 4.22. The van der Waals surface area contributed by atoms with Crippen LogP contribution < -0.4 is 4.90 Å². The lowest BCUT2D eigenvalue weighted by molar-refractivity contribution is -0.137. The van der Waals surface area contributed by atoms with Crippen LogP contribution in [0.15, 0.2) is 48.5 Å². The number of carbonyl (C=O) groups is 1. The van der Waals surface area contributed by atoms with Crippen LogP contribution in [0.1, 0.15) is 27.9 Å². The number of hydrogen-bond donors (Lipinski definition) is 1. The third-order valence-corrected chi connectivity index (χ3v) is 4.73. The van der Waals surface area contributed by atoms with Gasteiger partial charge in [0, 0.05) is 13.1 Å². The zero-order valence-corrected chi connectivity index (χ0v) is 15.7. The van der Waals surface area contributed by atoms with Gasteiger partial charge in [-0.1, -0.05) is 30.3 Å². The number of rotatable bonds is 8. The Balaban J connectivity index is 1.50. The highest BCUT2D eigenvalue weighted by Gasteiger charge is 2.33. The van der Waals surface area contributed by atoms with Gasteiger partial charge in [-0.3, -0.25) is 0 Å². The van der Waals surface area contributed by atoms with E-state index in [2.05, 4.69) is 0 Å². The van der Waals surface area contributed by atoms with Crippen molar-refractivity contribution >= 4 is 11.7 Å². The van der Waals surface area contributed by atoms with Crippen LogP contribution in [-0.4, -0.2) is 43.5 Å². The average Bonchev–Trinajstić information content (AvgIpc) is 3.16. The molecule has 1 atom stereocenters. The second-order valence-corrected chi connectivity index (χ2v) is 6.80. The largest absolute Gasteiger partial charge is 0.478 e. The second kappa shape index (κ2) is 9.28. The number of benzene rings is 2. The maximum absolute atomic E-state index is 12.9. The molecule has 29 heavy (non-hydrogen) atoms. The molecule has 0 bridgehead atoms. The van der Waals surface area contributed by atoms with Crippen LogP contribution in [0.2, 0.25) is 0 Å². The maximum Gasteiger partial charge on any atom is 0.416 e. The van der Waals surface area contributed by atoms with Gasteiger partial charge < -0.3 is 19.5 Å². The molecule has 1 aliphatic heterocycles. The fraction of sp³-hybridized carbons (Fsp3) is 0.381. The number of aromatic carboxylic acids is 1. The van der Waals surface area contributed by atoms with Crippen LogP contribution in [-0.2, 0) is 22.3 Å². The molecule has 0 saturated carbocycles. The van der Waals surface area contributed by atoms with Gasteiger partial charge in [0.05, 0.1) is 42.7 Å². The lowest BCUT2D eigenvalue weighted by Gasteiger charge is -2.22. The molecule has 1 saturated heterocycles. The van der Waals surface area contributed by atoms with Gasteiger partial charge in [0.15, 0.2) is 0 Å². The number of hydrogen-bond acceptors (Lipinski definition) is 4. The third kappa shape index (κ3) is 5.71. The number of halogens is 3. The summed E-state index contributed by atoms with van der Waals surface area (Å²) in [6, 6.07) is 12.6. The van der Waals surface area contributed by atoms with Crippen molar-refractivity contribution in [3.63, 3.8) is 0 Å². The Bertz CT molecular complexity index is 826. The zero-order valence-electron chi connectivity index (χ0n) is 15.7. The molecule has 1 fully saturated rings. The van der Waals surface area contributed by atoms with Crippen LogP contribution in [0, 0.1) is 0 Å². The van der Waals surface area contributed by atoms with E-state index in [4.69, 9.17) is 9.47 Å². The number of anilines is 1. The SMILES string of the molecule is O=C(O)c1cc(C(F)(F)F)ccc1N1CC[C@H](OCCOCc2ccccc2)C1. The second-order valence-electron chi connectivity index (χ2n) is 6.80. The molecule has 2 aromatic carbocycles. The fourth-order valence-corrected chi connectivity index (χ4v) is 3.28. The Hall–Kier alpha value is -2.58. The zero-order chi connectivity index (χ0) is 20.9. The molecule has 2 aromatic rings. The van der Waals surface area contributed by atoms with Gasteiger partial charge in [0.1, 0.15) is 0 Å². The summed E-state index contributed by atoms with van der Waals surface area (Å²) in [5.41, 5.74) is 0.0212. The minimum atomic E-state index is -4.58. The number of ether oxygens (including phenoxy) is 2. The molecule has 0 spiro atoms. The van der Waals surface area contributed by atoms with E-state index in [1.165, 1.54) is 6.07 Å². The highest BCUT2D eigenvalue weighted by molar-refractivity contribution is 5.94. The Morgan fingerprint density at radius 2 is 1.90 bits per heavy atom. The minimum absolute atomic E-state index is 0.126. The van der Waals surface area contributed by atoms with Crippen molar-refractivity contribution in [2.75, 3.05) is 31.2 Å². The summed E-state index contributed by atoms with van der Waals surface area (Å²) in [5, 5.41) is 9.33. The summed E-state index contributed by atoms with van der Waals surface area (Å²) in [6.07, 6.45) is -4.04. The first-order chi connectivity index (χ1) is 13.8. The summed E-state index contributed by atoms with van der Waals surface area (Å²) in [6.45, 7) is 2.25. The Labute approximate surface area is 166 Å². The van der Waals surface area contributed by atoms with Gasteiger partial charge in [-0.25, -0.2) is 4.79 Å². The molecule has 0 aliphatic carbocycles. The van der Waals surface area contributed by atoms with Crippen LogP contribution in [0.3, 0.4) is 0 Å². The van der Waals surface area contributed by atoms with Gasteiger partial charge in [0.2, 0.25) is 0 Å². The average molecular weight is 409 g/mol. The summed E-state index contributed by atoms with van der Waals surface area (Å²) >= 11 is 0. The van der Waals surface area contributed by atoms with Crippen molar-refractivity contribution in [1.29, 1.82) is 0 Å².